The monoisotopic (exact) mass is 230 g/mol. The van der Waals surface area contributed by atoms with E-state index in [4.69, 9.17) is 16.2 Å². The molecule has 0 amide bonds. The van der Waals surface area contributed by atoms with E-state index >= 15 is 0 Å². The molecule has 98 valence electrons. The summed E-state index contributed by atoms with van der Waals surface area (Å²) in [6.45, 7) is 9.99. The summed E-state index contributed by atoms with van der Waals surface area (Å²) in [5.74, 6) is 0. The number of unbranched alkanes of at least 4 members (excludes halogenated alkanes) is 1. The Balaban J connectivity index is 3.57. The van der Waals surface area contributed by atoms with Gasteiger partial charge in [0.25, 0.3) is 0 Å². The van der Waals surface area contributed by atoms with Crippen LogP contribution in [-0.4, -0.2) is 24.3 Å². The summed E-state index contributed by atoms with van der Waals surface area (Å²) in [6.07, 6.45) is 5.35. The van der Waals surface area contributed by atoms with Crippen LogP contribution in [0.5, 0.6) is 0 Å². The highest BCUT2D eigenvalue weighted by Crippen LogP contribution is 2.18. The molecule has 0 unspecified atom stereocenters. The molecule has 4 N–H and O–H groups in total. The van der Waals surface area contributed by atoms with Crippen molar-refractivity contribution < 1.29 is 4.74 Å². The fourth-order valence-electron chi connectivity index (χ4n) is 1.64. The molecule has 0 spiro atoms. The lowest BCUT2D eigenvalue weighted by Gasteiger charge is -2.26. The van der Waals surface area contributed by atoms with Gasteiger partial charge in [0.15, 0.2) is 0 Å². The van der Waals surface area contributed by atoms with Gasteiger partial charge >= 0.3 is 0 Å². The molecule has 0 aromatic rings. The Morgan fingerprint density at radius 1 is 0.938 bits per heavy atom. The highest BCUT2D eigenvalue weighted by Gasteiger charge is 2.18. The smallest absolute Gasteiger partial charge is 0.0626 e. The Kier molecular flexibility index (Phi) is 7.20. The van der Waals surface area contributed by atoms with Gasteiger partial charge in [0.05, 0.1) is 5.60 Å². The first kappa shape index (κ1) is 15.9. The SMILES string of the molecule is CC(C)(N)CCCOC(C)(C)CCCCN. The minimum Gasteiger partial charge on any atom is -0.376 e. The average Bonchev–Trinajstić information content (AvgIpc) is 2.11. The second kappa shape index (κ2) is 7.25. The summed E-state index contributed by atoms with van der Waals surface area (Å²) in [4.78, 5) is 0. The van der Waals surface area contributed by atoms with Gasteiger partial charge in [-0.05, 0) is 66.3 Å². The summed E-state index contributed by atoms with van der Waals surface area (Å²) < 4.78 is 5.88. The Bertz CT molecular complexity index is 173. The molecule has 0 fully saturated rings. The zero-order chi connectivity index (χ0) is 12.7. The number of hydrogen-bond donors (Lipinski definition) is 2. The van der Waals surface area contributed by atoms with Crippen molar-refractivity contribution in [2.45, 2.75) is 70.9 Å². The third kappa shape index (κ3) is 10.4. The van der Waals surface area contributed by atoms with Gasteiger partial charge < -0.3 is 16.2 Å². The number of ether oxygens (including phenoxy) is 1. The Morgan fingerprint density at radius 2 is 1.56 bits per heavy atom. The molecule has 0 saturated heterocycles. The molecule has 0 heterocycles. The lowest BCUT2D eigenvalue weighted by Crippen LogP contribution is -2.32. The first-order valence-corrected chi connectivity index (χ1v) is 6.40. The third-order valence-electron chi connectivity index (χ3n) is 2.69. The van der Waals surface area contributed by atoms with Gasteiger partial charge in [-0.1, -0.05) is 0 Å². The van der Waals surface area contributed by atoms with Gasteiger partial charge in [-0.2, -0.15) is 0 Å². The Morgan fingerprint density at radius 3 is 2.06 bits per heavy atom. The van der Waals surface area contributed by atoms with Crippen LogP contribution in [-0.2, 0) is 4.74 Å². The molecule has 0 aromatic heterocycles. The van der Waals surface area contributed by atoms with Crippen molar-refractivity contribution in [2.75, 3.05) is 13.2 Å². The fraction of sp³-hybridized carbons (Fsp3) is 1.00. The summed E-state index contributed by atoms with van der Waals surface area (Å²) in [6, 6.07) is 0. The van der Waals surface area contributed by atoms with E-state index in [9.17, 15) is 0 Å². The topological polar surface area (TPSA) is 61.3 Å². The van der Waals surface area contributed by atoms with E-state index in [1.165, 1.54) is 0 Å². The summed E-state index contributed by atoms with van der Waals surface area (Å²) in [5.41, 5.74) is 11.3. The predicted octanol–water partition coefficient (Wildman–Crippen LogP) is 2.43. The number of hydrogen-bond acceptors (Lipinski definition) is 3. The van der Waals surface area contributed by atoms with Crippen LogP contribution < -0.4 is 11.5 Å². The molecule has 0 atom stereocenters. The number of nitrogens with two attached hydrogens (primary N) is 2. The van der Waals surface area contributed by atoms with E-state index in [-0.39, 0.29) is 11.1 Å². The Hall–Kier alpha value is -0.120. The van der Waals surface area contributed by atoms with Crippen molar-refractivity contribution in [1.82, 2.24) is 0 Å². The van der Waals surface area contributed by atoms with E-state index in [1.54, 1.807) is 0 Å². The standard InChI is InChI=1S/C13H30N2O/c1-12(2,15)8-7-11-16-13(3,4)9-5-6-10-14/h5-11,14-15H2,1-4H3. The first-order valence-electron chi connectivity index (χ1n) is 6.40. The predicted molar refractivity (Wildman–Crippen MR) is 70.4 cm³/mol. The molecular weight excluding hydrogens is 200 g/mol. The van der Waals surface area contributed by atoms with Crippen molar-refractivity contribution in [3.05, 3.63) is 0 Å². The van der Waals surface area contributed by atoms with Crippen LogP contribution in [0.15, 0.2) is 0 Å². The maximum absolute atomic E-state index is 5.91. The van der Waals surface area contributed by atoms with Crippen LogP contribution in [0.1, 0.15) is 59.8 Å². The maximum atomic E-state index is 5.91. The lowest BCUT2D eigenvalue weighted by atomic mass is 9.99. The molecule has 0 aliphatic rings. The minimum atomic E-state index is -0.0763. The van der Waals surface area contributed by atoms with Gasteiger partial charge in [0.2, 0.25) is 0 Å². The van der Waals surface area contributed by atoms with E-state index in [0.29, 0.717) is 0 Å². The Labute approximate surface area is 101 Å². The summed E-state index contributed by atoms with van der Waals surface area (Å²) >= 11 is 0. The van der Waals surface area contributed by atoms with Crippen molar-refractivity contribution in [1.29, 1.82) is 0 Å². The van der Waals surface area contributed by atoms with Crippen LogP contribution in [0.25, 0.3) is 0 Å². The largest absolute Gasteiger partial charge is 0.376 e. The first-order chi connectivity index (χ1) is 7.27. The zero-order valence-corrected chi connectivity index (χ0v) is 11.5. The van der Waals surface area contributed by atoms with Crippen LogP contribution in [0.3, 0.4) is 0 Å². The zero-order valence-electron chi connectivity index (χ0n) is 11.5. The van der Waals surface area contributed by atoms with Crippen molar-refractivity contribution >= 4 is 0 Å². The summed E-state index contributed by atoms with van der Waals surface area (Å²) in [5, 5.41) is 0. The van der Waals surface area contributed by atoms with Crippen molar-refractivity contribution in [3.8, 4) is 0 Å². The third-order valence-corrected chi connectivity index (χ3v) is 2.69. The molecule has 0 rings (SSSR count). The van der Waals surface area contributed by atoms with Crippen LogP contribution in [0, 0.1) is 0 Å². The van der Waals surface area contributed by atoms with Crippen molar-refractivity contribution in [3.63, 3.8) is 0 Å². The van der Waals surface area contributed by atoms with Gasteiger partial charge in [-0.3, -0.25) is 0 Å². The quantitative estimate of drug-likeness (QED) is 0.598. The van der Waals surface area contributed by atoms with Crippen LogP contribution in [0.4, 0.5) is 0 Å². The maximum Gasteiger partial charge on any atom is 0.0626 e. The molecule has 3 nitrogen and oxygen atoms in total. The lowest BCUT2D eigenvalue weighted by molar-refractivity contribution is -0.0275. The second-order valence-electron chi connectivity index (χ2n) is 5.95. The summed E-state index contributed by atoms with van der Waals surface area (Å²) in [7, 11) is 0. The molecule has 0 aliphatic carbocycles. The van der Waals surface area contributed by atoms with Crippen LogP contribution in [0.2, 0.25) is 0 Å². The van der Waals surface area contributed by atoms with E-state index < -0.39 is 0 Å². The minimum absolute atomic E-state index is 0.0199. The average molecular weight is 230 g/mol. The van der Waals surface area contributed by atoms with Gasteiger partial charge in [0.1, 0.15) is 0 Å². The van der Waals surface area contributed by atoms with E-state index in [2.05, 4.69) is 27.7 Å². The molecule has 16 heavy (non-hydrogen) atoms. The molecule has 3 heteroatoms. The molecule has 0 aliphatic heterocycles. The van der Waals surface area contributed by atoms with E-state index in [1.807, 2.05) is 0 Å². The molecule has 0 radical (unpaired) electrons. The highest BCUT2D eigenvalue weighted by molar-refractivity contribution is 4.72. The molecule has 0 aromatic carbocycles. The van der Waals surface area contributed by atoms with Gasteiger partial charge in [0, 0.05) is 12.1 Å². The van der Waals surface area contributed by atoms with Crippen LogP contribution >= 0.6 is 0 Å². The second-order valence-corrected chi connectivity index (χ2v) is 5.95. The molecular formula is C13H30N2O. The van der Waals surface area contributed by atoms with Crippen molar-refractivity contribution in [2.24, 2.45) is 11.5 Å². The molecule has 0 saturated carbocycles. The number of rotatable bonds is 9. The van der Waals surface area contributed by atoms with E-state index in [0.717, 1.165) is 45.3 Å². The fourth-order valence-corrected chi connectivity index (χ4v) is 1.64. The highest BCUT2D eigenvalue weighted by atomic mass is 16.5. The van der Waals surface area contributed by atoms with Gasteiger partial charge in [-0.15, -0.1) is 0 Å². The molecule has 0 bridgehead atoms. The normalized spacial score (nSPS) is 13.1. The van der Waals surface area contributed by atoms with Gasteiger partial charge in [-0.25, -0.2) is 0 Å².